The van der Waals surface area contributed by atoms with Crippen molar-refractivity contribution in [2.45, 2.75) is 13.0 Å². The van der Waals surface area contributed by atoms with Crippen LogP contribution >= 0.6 is 0 Å². The van der Waals surface area contributed by atoms with E-state index in [1.807, 2.05) is 18.3 Å². The molecule has 1 aromatic carbocycles. The SMILES string of the molecule is COCCCOCCn1ccc2cc(C(=O)O)ccc21. The van der Waals surface area contributed by atoms with Crippen LogP contribution in [0.25, 0.3) is 10.9 Å². The normalized spacial score (nSPS) is 11.1. The first-order valence-electron chi connectivity index (χ1n) is 6.61. The number of carbonyl (C=O) groups is 1. The summed E-state index contributed by atoms with van der Waals surface area (Å²) in [5.74, 6) is -0.902. The Balaban J connectivity index is 1.92. The number of benzene rings is 1. The molecule has 5 heteroatoms. The minimum absolute atomic E-state index is 0.311. The van der Waals surface area contributed by atoms with Crippen LogP contribution in [-0.4, -0.2) is 42.6 Å². The predicted molar refractivity (Wildman–Crippen MR) is 76.2 cm³/mol. The standard InChI is InChI=1S/C15H19NO4/c1-19-8-2-9-20-10-7-16-6-5-12-11-13(15(17)18)3-4-14(12)16/h3-6,11H,2,7-10H2,1H3,(H,17,18). The van der Waals surface area contributed by atoms with Crippen molar-refractivity contribution in [1.29, 1.82) is 0 Å². The second-order valence-corrected chi connectivity index (χ2v) is 4.55. The number of ether oxygens (including phenoxy) is 2. The van der Waals surface area contributed by atoms with Crippen molar-refractivity contribution in [2.75, 3.05) is 26.9 Å². The van der Waals surface area contributed by atoms with Gasteiger partial charge in [-0.05, 0) is 30.7 Å². The molecule has 0 bridgehead atoms. The third kappa shape index (κ3) is 3.59. The average Bonchev–Trinajstić information content (AvgIpc) is 2.85. The maximum atomic E-state index is 10.9. The summed E-state index contributed by atoms with van der Waals surface area (Å²) in [6, 6.07) is 7.07. The Morgan fingerprint density at radius 2 is 2.10 bits per heavy atom. The molecule has 0 aliphatic rings. The summed E-state index contributed by atoms with van der Waals surface area (Å²) >= 11 is 0. The lowest BCUT2D eigenvalue weighted by atomic mass is 10.1. The second-order valence-electron chi connectivity index (χ2n) is 4.55. The van der Waals surface area contributed by atoms with E-state index in [1.165, 1.54) is 0 Å². The summed E-state index contributed by atoms with van der Waals surface area (Å²) < 4.78 is 12.5. The molecule has 0 radical (unpaired) electrons. The Labute approximate surface area is 117 Å². The molecule has 2 rings (SSSR count). The van der Waals surface area contributed by atoms with Crippen LogP contribution in [0.4, 0.5) is 0 Å². The summed E-state index contributed by atoms with van der Waals surface area (Å²) in [5, 5.41) is 9.89. The molecule has 0 atom stereocenters. The van der Waals surface area contributed by atoms with E-state index in [4.69, 9.17) is 14.6 Å². The van der Waals surface area contributed by atoms with Crippen LogP contribution in [-0.2, 0) is 16.0 Å². The highest BCUT2D eigenvalue weighted by Gasteiger charge is 2.06. The van der Waals surface area contributed by atoms with Gasteiger partial charge in [0.25, 0.3) is 0 Å². The van der Waals surface area contributed by atoms with Gasteiger partial charge in [0.2, 0.25) is 0 Å². The molecule has 0 saturated carbocycles. The molecular formula is C15H19NO4. The Morgan fingerprint density at radius 1 is 1.25 bits per heavy atom. The van der Waals surface area contributed by atoms with Crippen LogP contribution in [0.15, 0.2) is 30.5 Å². The monoisotopic (exact) mass is 277 g/mol. The molecule has 0 aliphatic carbocycles. The highest BCUT2D eigenvalue weighted by atomic mass is 16.5. The van der Waals surface area contributed by atoms with Gasteiger partial charge >= 0.3 is 5.97 Å². The van der Waals surface area contributed by atoms with E-state index in [0.29, 0.717) is 25.4 Å². The summed E-state index contributed by atoms with van der Waals surface area (Å²) in [6.07, 6.45) is 2.85. The number of aromatic carboxylic acids is 1. The lowest BCUT2D eigenvalue weighted by Gasteiger charge is -2.07. The molecule has 108 valence electrons. The Morgan fingerprint density at radius 3 is 2.85 bits per heavy atom. The van der Waals surface area contributed by atoms with Crippen LogP contribution in [0.2, 0.25) is 0 Å². The molecule has 1 aromatic heterocycles. The fourth-order valence-electron chi connectivity index (χ4n) is 2.10. The lowest BCUT2D eigenvalue weighted by molar-refractivity contribution is 0.0697. The number of aromatic nitrogens is 1. The molecule has 5 nitrogen and oxygen atoms in total. The van der Waals surface area contributed by atoms with Gasteiger partial charge in [-0.2, -0.15) is 0 Å². The molecule has 0 fully saturated rings. The van der Waals surface area contributed by atoms with Crippen LogP contribution < -0.4 is 0 Å². The zero-order valence-corrected chi connectivity index (χ0v) is 11.5. The number of hydrogen-bond acceptors (Lipinski definition) is 3. The van der Waals surface area contributed by atoms with Gasteiger partial charge in [0.15, 0.2) is 0 Å². The number of rotatable bonds is 8. The molecule has 0 amide bonds. The first-order chi connectivity index (χ1) is 9.72. The van der Waals surface area contributed by atoms with Crippen molar-refractivity contribution in [2.24, 2.45) is 0 Å². The van der Waals surface area contributed by atoms with Gasteiger partial charge < -0.3 is 19.1 Å². The van der Waals surface area contributed by atoms with Crippen molar-refractivity contribution in [3.8, 4) is 0 Å². The van der Waals surface area contributed by atoms with Gasteiger partial charge in [0, 0.05) is 44.0 Å². The number of carboxylic acids is 1. The second kappa shape index (κ2) is 7.07. The Kier molecular flexibility index (Phi) is 5.15. The van der Waals surface area contributed by atoms with Crippen LogP contribution in [0.1, 0.15) is 16.8 Å². The van der Waals surface area contributed by atoms with Crippen molar-refractivity contribution >= 4 is 16.9 Å². The molecule has 0 unspecified atom stereocenters. The van der Waals surface area contributed by atoms with E-state index >= 15 is 0 Å². The van der Waals surface area contributed by atoms with E-state index in [0.717, 1.165) is 23.9 Å². The Bertz CT molecular complexity index is 576. The third-order valence-corrected chi connectivity index (χ3v) is 3.13. The topological polar surface area (TPSA) is 60.7 Å². The van der Waals surface area contributed by atoms with E-state index in [-0.39, 0.29) is 0 Å². The van der Waals surface area contributed by atoms with E-state index in [1.54, 1.807) is 19.2 Å². The quantitative estimate of drug-likeness (QED) is 0.753. The number of nitrogens with zero attached hydrogens (tertiary/aromatic N) is 1. The number of methoxy groups -OCH3 is 1. The molecule has 0 saturated heterocycles. The molecule has 20 heavy (non-hydrogen) atoms. The summed E-state index contributed by atoms with van der Waals surface area (Å²) in [7, 11) is 1.68. The Hall–Kier alpha value is -1.85. The smallest absolute Gasteiger partial charge is 0.335 e. The van der Waals surface area contributed by atoms with Gasteiger partial charge in [-0.25, -0.2) is 4.79 Å². The molecule has 2 aromatic rings. The maximum absolute atomic E-state index is 10.9. The molecule has 0 aliphatic heterocycles. The fourth-order valence-corrected chi connectivity index (χ4v) is 2.10. The summed E-state index contributed by atoms with van der Waals surface area (Å²) in [4.78, 5) is 10.9. The summed E-state index contributed by atoms with van der Waals surface area (Å²) in [6.45, 7) is 2.79. The lowest BCUT2D eigenvalue weighted by Crippen LogP contribution is -2.07. The van der Waals surface area contributed by atoms with E-state index in [2.05, 4.69) is 4.57 Å². The first kappa shape index (κ1) is 14.6. The van der Waals surface area contributed by atoms with Crippen molar-refractivity contribution in [3.63, 3.8) is 0 Å². The highest BCUT2D eigenvalue weighted by molar-refractivity contribution is 5.93. The van der Waals surface area contributed by atoms with Gasteiger partial charge in [0.1, 0.15) is 0 Å². The summed E-state index contributed by atoms with van der Waals surface area (Å²) in [5.41, 5.74) is 1.33. The van der Waals surface area contributed by atoms with Gasteiger partial charge in [-0.15, -0.1) is 0 Å². The van der Waals surface area contributed by atoms with Gasteiger partial charge in [-0.3, -0.25) is 0 Å². The predicted octanol–water partition coefficient (Wildman–Crippen LogP) is 2.39. The minimum Gasteiger partial charge on any atom is -0.478 e. The van der Waals surface area contributed by atoms with Crippen molar-refractivity contribution < 1.29 is 19.4 Å². The van der Waals surface area contributed by atoms with Crippen molar-refractivity contribution in [3.05, 3.63) is 36.0 Å². The van der Waals surface area contributed by atoms with Crippen LogP contribution in [0.3, 0.4) is 0 Å². The van der Waals surface area contributed by atoms with Crippen LogP contribution in [0, 0.1) is 0 Å². The highest BCUT2D eigenvalue weighted by Crippen LogP contribution is 2.17. The first-order valence-corrected chi connectivity index (χ1v) is 6.61. The average molecular weight is 277 g/mol. The van der Waals surface area contributed by atoms with E-state index < -0.39 is 5.97 Å². The van der Waals surface area contributed by atoms with E-state index in [9.17, 15) is 4.79 Å². The van der Waals surface area contributed by atoms with Gasteiger partial charge in [-0.1, -0.05) is 0 Å². The number of fused-ring (bicyclic) bond motifs is 1. The number of hydrogen-bond donors (Lipinski definition) is 1. The van der Waals surface area contributed by atoms with Crippen molar-refractivity contribution in [1.82, 2.24) is 4.57 Å². The molecular weight excluding hydrogens is 258 g/mol. The molecule has 1 N–H and O–H groups in total. The third-order valence-electron chi connectivity index (χ3n) is 3.13. The minimum atomic E-state index is -0.902. The zero-order valence-electron chi connectivity index (χ0n) is 11.5. The van der Waals surface area contributed by atoms with Crippen LogP contribution in [0.5, 0.6) is 0 Å². The fraction of sp³-hybridized carbons (Fsp3) is 0.400. The largest absolute Gasteiger partial charge is 0.478 e. The van der Waals surface area contributed by atoms with Gasteiger partial charge in [0.05, 0.1) is 12.2 Å². The number of carboxylic acid groups (broad SMARTS) is 1. The molecule has 1 heterocycles. The zero-order chi connectivity index (χ0) is 14.4. The molecule has 0 spiro atoms. The maximum Gasteiger partial charge on any atom is 0.335 e.